The van der Waals surface area contributed by atoms with Crippen LogP contribution in [0.25, 0.3) is 0 Å². The van der Waals surface area contributed by atoms with E-state index in [1.807, 2.05) is 0 Å². The molecule has 1 aromatic carbocycles. The molecule has 3 heteroatoms. The maximum atomic E-state index is 10.7. The Labute approximate surface area is 111 Å². The van der Waals surface area contributed by atoms with Crippen LogP contribution in [-0.4, -0.2) is 15.9 Å². The van der Waals surface area contributed by atoms with Crippen LogP contribution < -0.4 is 0 Å². The van der Waals surface area contributed by atoms with E-state index < -0.39 is 10.8 Å². The van der Waals surface area contributed by atoms with E-state index >= 15 is 0 Å². The molecule has 0 heterocycles. The summed E-state index contributed by atoms with van der Waals surface area (Å²) in [5.74, 6) is -0.776. The molecule has 0 aliphatic rings. The smallest absolute Gasteiger partial charge is 0.317 e. The lowest BCUT2D eigenvalue weighted by Crippen LogP contribution is -2.12. The number of halogens is 1. The third-order valence-corrected chi connectivity index (χ3v) is 3.84. The van der Waals surface area contributed by atoms with Crippen LogP contribution in [0.5, 0.6) is 0 Å². The molecule has 0 spiro atoms. The van der Waals surface area contributed by atoms with Gasteiger partial charge < -0.3 is 5.11 Å². The second-order valence-electron chi connectivity index (χ2n) is 4.58. The van der Waals surface area contributed by atoms with Gasteiger partial charge in [0, 0.05) is 0 Å². The van der Waals surface area contributed by atoms with Gasteiger partial charge in [-0.3, -0.25) is 4.79 Å². The molecule has 1 N–H and O–H groups in total. The molecule has 0 amide bonds. The fourth-order valence-electron chi connectivity index (χ4n) is 2.19. The van der Waals surface area contributed by atoms with Crippen LogP contribution in [0.2, 0.25) is 0 Å². The van der Waals surface area contributed by atoms with Gasteiger partial charge in [-0.2, -0.15) is 0 Å². The van der Waals surface area contributed by atoms with Crippen molar-refractivity contribution < 1.29 is 9.90 Å². The molecule has 1 rings (SSSR count). The van der Waals surface area contributed by atoms with Gasteiger partial charge in [-0.05, 0) is 56.7 Å². The first-order valence-corrected chi connectivity index (χ1v) is 6.77. The Balaban J connectivity index is 2.61. The number of carbonyl (C=O) groups is 1. The van der Waals surface area contributed by atoms with Crippen LogP contribution in [-0.2, 0) is 11.2 Å². The third-order valence-electron chi connectivity index (χ3n) is 2.99. The van der Waals surface area contributed by atoms with Crippen LogP contribution in [0.15, 0.2) is 12.1 Å². The number of aliphatic carboxylic acids is 1. The van der Waals surface area contributed by atoms with Crippen molar-refractivity contribution in [2.75, 3.05) is 0 Å². The number of rotatable bonds is 5. The molecule has 0 radical (unpaired) electrons. The van der Waals surface area contributed by atoms with Crippen molar-refractivity contribution >= 4 is 21.9 Å². The van der Waals surface area contributed by atoms with E-state index in [2.05, 4.69) is 48.8 Å². The molecule has 17 heavy (non-hydrogen) atoms. The Morgan fingerprint density at radius 1 is 1.29 bits per heavy atom. The second-order valence-corrected chi connectivity index (χ2v) is 5.68. The molecule has 0 aromatic heterocycles. The third kappa shape index (κ3) is 4.15. The average molecular weight is 299 g/mol. The van der Waals surface area contributed by atoms with Crippen LogP contribution in [0.3, 0.4) is 0 Å². The summed E-state index contributed by atoms with van der Waals surface area (Å²) in [5, 5.41) is 8.78. The van der Waals surface area contributed by atoms with Crippen LogP contribution in [0, 0.1) is 20.8 Å². The standard InChI is InChI=1S/C14H19BrO2/c1-9-7-10(2)12(11(3)8-9)5-4-6-13(15)14(16)17/h7-8,13H,4-6H2,1-3H3,(H,16,17). The molecule has 0 aliphatic heterocycles. The number of benzene rings is 1. The highest BCUT2D eigenvalue weighted by molar-refractivity contribution is 9.10. The summed E-state index contributed by atoms with van der Waals surface area (Å²) in [7, 11) is 0. The molecule has 1 aromatic rings. The van der Waals surface area contributed by atoms with E-state index in [0.717, 1.165) is 12.8 Å². The highest BCUT2D eigenvalue weighted by Gasteiger charge is 2.12. The summed E-state index contributed by atoms with van der Waals surface area (Å²) in [6, 6.07) is 4.37. The van der Waals surface area contributed by atoms with Crippen molar-refractivity contribution in [1.82, 2.24) is 0 Å². The van der Waals surface area contributed by atoms with E-state index in [-0.39, 0.29) is 0 Å². The number of carboxylic acid groups (broad SMARTS) is 1. The Morgan fingerprint density at radius 2 is 1.82 bits per heavy atom. The molecule has 0 bridgehead atoms. The van der Waals surface area contributed by atoms with Crippen molar-refractivity contribution in [1.29, 1.82) is 0 Å². The minimum Gasteiger partial charge on any atom is -0.480 e. The van der Waals surface area contributed by atoms with E-state index in [1.165, 1.54) is 22.3 Å². The molecular weight excluding hydrogens is 280 g/mol. The van der Waals surface area contributed by atoms with Crippen LogP contribution >= 0.6 is 15.9 Å². The first-order valence-electron chi connectivity index (χ1n) is 5.85. The number of hydrogen-bond acceptors (Lipinski definition) is 1. The summed E-state index contributed by atoms with van der Waals surface area (Å²) in [4.78, 5) is 10.3. The van der Waals surface area contributed by atoms with Crippen molar-refractivity contribution in [3.05, 3.63) is 34.4 Å². The summed E-state index contributed by atoms with van der Waals surface area (Å²) in [5.41, 5.74) is 5.27. The zero-order chi connectivity index (χ0) is 13.0. The summed E-state index contributed by atoms with van der Waals surface area (Å²) in [6.45, 7) is 6.35. The van der Waals surface area contributed by atoms with Gasteiger partial charge >= 0.3 is 5.97 Å². The van der Waals surface area contributed by atoms with Gasteiger partial charge in [0.2, 0.25) is 0 Å². The maximum Gasteiger partial charge on any atom is 0.317 e. The highest BCUT2D eigenvalue weighted by Crippen LogP contribution is 2.20. The zero-order valence-electron chi connectivity index (χ0n) is 10.6. The number of hydrogen-bond donors (Lipinski definition) is 1. The largest absolute Gasteiger partial charge is 0.480 e. The molecule has 0 fully saturated rings. The van der Waals surface area contributed by atoms with Gasteiger partial charge in [0.1, 0.15) is 4.83 Å². The molecule has 1 unspecified atom stereocenters. The van der Waals surface area contributed by atoms with E-state index in [9.17, 15) is 4.79 Å². The highest BCUT2D eigenvalue weighted by atomic mass is 79.9. The van der Waals surface area contributed by atoms with Gasteiger partial charge in [0.15, 0.2) is 0 Å². The number of alkyl halides is 1. The number of carboxylic acids is 1. The Bertz CT molecular complexity index is 390. The molecular formula is C14H19BrO2. The zero-order valence-corrected chi connectivity index (χ0v) is 12.2. The monoisotopic (exact) mass is 298 g/mol. The van der Waals surface area contributed by atoms with Gasteiger partial charge in [-0.25, -0.2) is 0 Å². The van der Waals surface area contributed by atoms with E-state index in [1.54, 1.807) is 0 Å². The lowest BCUT2D eigenvalue weighted by molar-refractivity contribution is -0.136. The average Bonchev–Trinajstić information content (AvgIpc) is 2.21. The van der Waals surface area contributed by atoms with Gasteiger partial charge in [-0.15, -0.1) is 0 Å². The lowest BCUT2D eigenvalue weighted by atomic mass is 9.95. The van der Waals surface area contributed by atoms with Crippen molar-refractivity contribution in [3.63, 3.8) is 0 Å². The fraction of sp³-hybridized carbons (Fsp3) is 0.500. The first-order chi connectivity index (χ1) is 7.91. The van der Waals surface area contributed by atoms with Gasteiger partial charge in [0.05, 0.1) is 0 Å². The van der Waals surface area contributed by atoms with E-state index in [0.29, 0.717) is 6.42 Å². The topological polar surface area (TPSA) is 37.3 Å². The minimum atomic E-state index is -0.776. The summed E-state index contributed by atoms with van der Waals surface area (Å²) in [6.07, 6.45) is 2.52. The van der Waals surface area contributed by atoms with Gasteiger partial charge in [-0.1, -0.05) is 33.6 Å². The maximum absolute atomic E-state index is 10.7. The number of aryl methyl sites for hydroxylation is 3. The first kappa shape index (κ1) is 14.2. The quantitative estimate of drug-likeness (QED) is 0.840. The van der Waals surface area contributed by atoms with E-state index in [4.69, 9.17) is 5.11 Å². The van der Waals surface area contributed by atoms with Crippen molar-refractivity contribution in [2.45, 2.75) is 44.9 Å². The van der Waals surface area contributed by atoms with Crippen molar-refractivity contribution in [3.8, 4) is 0 Å². The minimum absolute atomic E-state index is 0.423. The lowest BCUT2D eigenvalue weighted by Gasteiger charge is -2.11. The Kier molecular flexibility index (Phi) is 5.19. The Hall–Kier alpha value is -0.830. The molecule has 0 aliphatic carbocycles. The predicted octanol–water partition coefficient (Wildman–Crippen LogP) is 3.78. The predicted molar refractivity (Wildman–Crippen MR) is 73.9 cm³/mol. The molecule has 0 saturated carbocycles. The normalized spacial score (nSPS) is 12.5. The molecule has 0 saturated heterocycles. The fourth-order valence-corrected chi connectivity index (χ4v) is 2.51. The SMILES string of the molecule is Cc1cc(C)c(CCCC(Br)C(=O)O)c(C)c1. The van der Waals surface area contributed by atoms with Crippen LogP contribution in [0.1, 0.15) is 35.1 Å². The summed E-state index contributed by atoms with van der Waals surface area (Å²) >= 11 is 3.16. The summed E-state index contributed by atoms with van der Waals surface area (Å²) < 4.78 is 0. The molecule has 1 atom stereocenters. The van der Waals surface area contributed by atoms with Crippen molar-refractivity contribution in [2.24, 2.45) is 0 Å². The molecule has 2 nitrogen and oxygen atoms in total. The Morgan fingerprint density at radius 3 is 2.29 bits per heavy atom. The van der Waals surface area contributed by atoms with Gasteiger partial charge in [0.25, 0.3) is 0 Å². The molecule has 94 valence electrons. The second kappa shape index (κ2) is 6.20. The van der Waals surface area contributed by atoms with Crippen LogP contribution in [0.4, 0.5) is 0 Å².